The number of carbonyl (C=O) groups excluding carboxylic acids is 2. The van der Waals surface area contributed by atoms with Gasteiger partial charge in [0.15, 0.2) is 0 Å². The minimum absolute atomic E-state index is 0.221. The average molecular weight is 325 g/mol. The Balaban J connectivity index is 2.11. The number of anilines is 1. The number of nitrogens with one attached hydrogen (secondary N) is 2. The van der Waals surface area contributed by atoms with Gasteiger partial charge < -0.3 is 10.6 Å². The van der Waals surface area contributed by atoms with Gasteiger partial charge >= 0.3 is 0 Å². The van der Waals surface area contributed by atoms with Gasteiger partial charge in [-0.25, -0.2) is 4.98 Å². The molecule has 1 aromatic heterocycles. The number of amides is 2. The summed E-state index contributed by atoms with van der Waals surface area (Å²) in [5, 5.41) is 5.65. The van der Waals surface area contributed by atoms with Crippen LogP contribution in [0.25, 0.3) is 0 Å². The van der Waals surface area contributed by atoms with E-state index in [1.807, 2.05) is 32.0 Å². The number of pyridine rings is 1. The Kier molecular flexibility index (Phi) is 6.07. The van der Waals surface area contributed by atoms with Gasteiger partial charge in [0.2, 0.25) is 0 Å². The number of hydrogen-bond donors (Lipinski definition) is 2. The minimum atomic E-state index is -0.327. The molecule has 0 aliphatic carbocycles. The first-order chi connectivity index (χ1) is 11.5. The van der Waals surface area contributed by atoms with Crippen LogP contribution in [0.5, 0.6) is 0 Å². The summed E-state index contributed by atoms with van der Waals surface area (Å²) in [6.45, 7) is 6.61. The zero-order chi connectivity index (χ0) is 17.5. The maximum atomic E-state index is 12.4. The van der Waals surface area contributed by atoms with E-state index in [9.17, 15) is 9.59 Å². The van der Waals surface area contributed by atoms with Crippen molar-refractivity contribution in [3.63, 3.8) is 0 Å². The fraction of sp³-hybridized carbons (Fsp3) is 0.316. The molecule has 0 radical (unpaired) electrons. The normalized spacial score (nSPS) is 10.3. The molecule has 0 aliphatic rings. The summed E-state index contributed by atoms with van der Waals surface area (Å²) in [7, 11) is 0. The standard InChI is InChI=1S/C19H23N3O2/c1-4-5-12-20-18(23)16-10-7-11-17(21-16)19(24)22-15-9-6-8-13(2)14(15)3/h6-11H,4-5,12H2,1-3H3,(H,20,23)(H,22,24). The molecule has 24 heavy (non-hydrogen) atoms. The SMILES string of the molecule is CCCCNC(=O)c1cccc(C(=O)Nc2cccc(C)c2C)n1. The van der Waals surface area contributed by atoms with Gasteiger partial charge in [-0.05, 0) is 49.6 Å². The van der Waals surface area contributed by atoms with Crippen molar-refractivity contribution in [3.8, 4) is 0 Å². The summed E-state index contributed by atoms with van der Waals surface area (Å²) >= 11 is 0. The highest BCUT2D eigenvalue weighted by molar-refractivity contribution is 6.04. The molecule has 2 amide bonds. The number of benzene rings is 1. The molecule has 1 aromatic carbocycles. The predicted molar refractivity (Wildman–Crippen MR) is 95.3 cm³/mol. The number of aromatic nitrogens is 1. The Hall–Kier alpha value is -2.69. The van der Waals surface area contributed by atoms with Crippen molar-refractivity contribution in [3.05, 3.63) is 58.9 Å². The van der Waals surface area contributed by atoms with Crippen LogP contribution < -0.4 is 10.6 Å². The molecule has 1 heterocycles. The third kappa shape index (κ3) is 4.41. The lowest BCUT2D eigenvalue weighted by atomic mass is 10.1. The van der Waals surface area contributed by atoms with Gasteiger partial charge in [-0.2, -0.15) is 0 Å². The van der Waals surface area contributed by atoms with Crippen molar-refractivity contribution in [2.75, 3.05) is 11.9 Å². The van der Waals surface area contributed by atoms with Crippen LogP contribution in [0.3, 0.4) is 0 Å². The van der Waals surface area contributed by atoms with E-state index in [-0.39, 0.29) is 23.2 Å². The average Bonchev–Trinajstić information content (AvgIpc) is 2.59. The number of aryl methyl sites for hydroxylation is 1. The predicted octanol–water partition coefficient (Wildman–Crippen LogP) is 3.48. The Morgan fingerprint density at radius 3 is 2.38 bits per heavy atom. The fourth-order valence-electron chi connectivity index (χ4n) is 2.23. The number of rotatable bonds is 6. The second kappa shape index (κ2) is 8.24. The minimum Gasteiger partial charge on any atom is -0.351 e. The van der Waals surface area contributed by atoms with Crippen LogP contribution in [0.15, 0.2) is 36.4 Å². The molecule has 5 nitrogen and oxygen atoms in total. The van der Waals surface area contributed by atoms with Crippen molar-refractivity contribution >= 4 is 17.5 Å². The van der Waals surface area contributed by atoms with Crippen LogP contribution in [-0.4, -0.2) is 23.3 Å². The first-order valence-electron chi connectivity index (χ1n) is 8.15. The van der Waals surface area contributed by atoms with Gasteiger partial charge in [0, 0.05) is 12.2 Å². The van der Waals surface area contributed by atoms with E-state index in [0.29, 0.717) is 6.54 Å². The van der Waals surface area contributed by atoms with Crippen LogP contribution in [0.2, 0.25) is 0 Å². The molecule has 2 aromatic rings. The Morgan fingerprint density at radius 2 is 1.67 bits per heavy atom. The van der Waals surface area contributed by atoms with Gasteiger partial charge in [-0.1, -0.05) is 31.5 Å². The summed E-state index contributed by atoms with van der Waals surface area (Å²) in [4.78, 5) is 28.6. The summed E-state index contributed by atoms with van der Waals surface area (Å²) in [6, 6.07) is 10.6. The highest BCUT2D eigenvalue weighted by Crippen LogP contribution is 2.18. The second-order valence-corrected chi connectivity index (χ2v) is 5.72. The van der Waals surface area contributed by atoms with Crippen molar-refractivity contribution < 1.29 is 9.59 Å². The van der Waals surface area contributed by atoms with Crippen molar-refractivity contribution in [2.45, 2.75) is 33.6 Å². The Morgan fingerprint density at radius 1 is 1.00 bits per heavy atom. The fourth-order valence-corrected chi connectivity index (χ4v) is 2.23. The van der Waals surface area contributed by atoms with Crippen molar-refractivity contribution in [1.82, 2.24) is 10.3 Å². The smallest absolute Gasteiger partial charge is 0.274 e. The third-order valence-corrected chi connectivity index (χ3v) is 3.88. The largest absolute Gasteiger partial charge is 0.351 e. The molecule has 0 bridgehead atoms. The maximum Gasteiger partial charge on any atom is 0.274 e. The van der Waals surface area contributed by atoms with Crippen molar-refractivity contribution in [1.29, 1.82) is 0 Å². The molecular formula is C19H23N3O2. The molecule has 2 rings (SSSR count). The van der Waals surface area contributed by atoms with E-state index >= 15 is 0 Å². The molecule has 0 atom stereocenters. The second-order valence-electron chi connectivity index (χ2n) is 5.72. The monoisotopic (exact) mass is 325 g/mol. The molecule has 0 unspecified atom stereocenters. The zero-order valence-corrected chi connectivity index (χ0v) is 14.3. The van der Waals surface area contributed by atoms with E-state index in [0.717, 1.165) is 29.7 Å². The molecule has 0 fully saturated rings. The molecule has 0 spiro atoms. The number of unbranched alkanes of at least 4 members (excludes halogenated alkanes) is 1. The van der Waals surface area contributed by atoms with E-state index < -0.39 is 0 Å². The maximum absolute atomic E-state index is 12.4. The van der Waals surface area contributed by atoms with E-state index in [1.165, 1.54) is 0 Å². The first kappa shape index (κ1) is 17.7. The quantitative estimate of drug-likeness (QED) is 0.799. The zero-order valence-electron chi connectivity index (χ0n) is 14.3. The number of nitrogens with zero attached hydrogens (tertiary/aromatic N) is 1. The molecular weight excluding hydrogens is 302 g/mol. The van der Waals surface area contributed by atoms with Gasteiger partial charge in [-0.15, -0.1) is 0 Å². The molecule has 0 aliphatic heterocycles. The van der Waals surface area contributed by atoms with Crippen LogP contribution >= 0.6 is 0 Å². The Bertz CT molecular complexity index is 741. The topological polar surface area (TPSA) is 71.1 Å². The number of hydrogen-bond acceptors (Lipinski definition) is 3. The molecule has 0 saturated heterocycles. The lowest BCUT2D eigenvalue weighted by Crippen LogP contribution is -2.26. The van der Waals surface area contributed by atoms with Crippen LogP contribution in [-0.2, 0) is 0 Å². The lowest BCUT2D eigenvalue weighted by molar-refractivity contribution is 0.0948. The molecule has 0 saturated carbocycles. The summed E-state index contributed by atoms with van der Waals surface area (Å²) in [5.74, 6) is -0.586. The summed E-state index contributed by atoms with van der Waals surface area (Å²) in [5.41, 5.74) is 3.34. The van der Waals surface area contributed by atoms with Crippen LogP contribution in [0, 0.1) is 13.8 Å². The Labute approximate surface area is 142 Å². The first-order valence-corrected chi connectivity index (χ1v) is 8.15. The third-order valence-electron chi connectivity index (χ3n) is 3.88. The van der Waals surface area contributed by atoms with Gasteiger partial charge in [0.25, 0.3) is 11.8 Å². The molecule has 5 heteroatoms. The highest BCUT2D eigenvalue weighted by atomic mass is 16.2. The van der Waals surface area contributed by atoms with Crippen LogP contribution in [0.4, 0.5) is 5.69 Å². The molecule has 126 valence electrons. The number of carbonyl (C=O) groups is 2. The van der Waals surface area contributed by atoms with E-state index in [1.54, 1.807) is 18.2 Å². The van der Waals surface area contributed by atoms with Gasteiger partial charge in [0.05, 0.1) is 0 Å². The molecule has 2 N–H and O–H groups in total. The summed E-state index contributed by atoms with van der Waals surface area (Å²) < 4.78 is 0. The van der Waals surface area contributed by atoms with Crippen molar-refractivity contribution in [2.24, 2.45) is 0 Å². The van der Waals surface area contributed by atoms with Crippen LogP contribution in [0.1, 0.15) is 51.9 Å². The van der Waals surface area contributed by atoms with E-state index in [2.05, 4.69) is 22.5 Å². The summed E-state index contributed by atoms with van der Waals surface area (Å²) in [6.07, 6.45) is 1.92. The van der Waals surface area contributed by atoms with E-state index in [4.69, 9.17) is 0 Å². The highest BCUT2D eigenvalue weighted by Gasteiger charge is 2.13. The van der Waals surface area contributed by atoms with Gasteiger partial charge in [-0.3, -0.25) is 9.59 Å². The van der Waals surface area contributed by atoms with Gasteiger partial charge in [0.1, 0.15) is 11.4 Å². The lowest BCUT2D eigenvalue weighted by Gasteiger charge is -2.10.